The highest BCUT2D eigenvalue weighted by molar-refractivity contribution is 6.44. The number of hydrogen-bond donors (Lipinski definition) is 0. The maximum absolute atomic E-state index is 13.7. The van der Waals surface area contributed by atoms with Crippen LogP contribution >= 0.6 is 0 Å². The fourth-order valence-electron chi connectivity index (χ4n) is 4.96. The maximum Gasteiger partial charge on any atom is 0.457 e. The Morgan fingerprint density at radius 3 is 2.62 bits per heavy atom. The first-order chi connectivity index (χ1) is 17.9. The second kappa shape index (κ2) is 12.6. The molecule has 0 N–H and O–H groups in total. The number of esters is 1. The molecule has 0 bridgehead atoms. The predicted octanol–water partition coefficient (Wildman–Crippen LogP) is 7.46. The van der Waals surface area contributed by atoms with E-state index < -0.39 is 0 Å². The van der Waals surface area contributed by atoms with E-state index in [9.17, 15) is 9.18 Å². The van der Waals surface area contributed by atoms with Crippen LogP contribution in [-0.2, 0) is 18.8 Å². The van der Waals surface area contributed by atoms with Gasteiger partial charge in [-0.1, -0.05) is 56.7 Å². The monoisotopic (exact) mass is 505 g/mol. The Hall–Kier alpha value is -2.90. The van der Waals surface area contributed by atoms with Gasteiger partial charge in [0.2, 0.25) is 0 Å². The molecule has 196 valence electrons. The summed E-state index contributed by atoms with van der Waals surface area (Å²) in [5.74, 6) is -0.481. The normalized spacial score (nSPS) is 18.3. The molecule has 2 heterocycles. The summed E-state index contributed by atoms with van der Waals surface area (Å²) in [6, 6.07) is 15.2. The minimum atomic E-state index is -0.371. The van der Waals surface area contributed by atoms with Gasteiger partial charge in [-0.3, -0.25) is 4.79 Å². The van der Waals surface area contributed by atoms with E-state index in [2.05, 4.69) is 49.6 Å². The zero-order chi connectivity index (χ0) is 26.4. The van der Waals surface area contributed by atoms with E-state index in [1.807, 2.05) is 31.2 Å². The van der Waals surface area contributed by atoms with Crippen LogP contribution in [0.2, 0.25) is 6.32 Å². The molecule has 5 nitrogen and oxygen atoms in total. The first kappa shape index (κ1) is 27.1. The van der Waals surface area contributed by atoms with Crippen LogP contribution < -0.4 is 0 Å². The topological polar surface area (TPSA) is 49.7 Å². The Morgan fingerprint density at radius 1 is 1.16 bits per heavy atom. The molecule has 2 unspecified atom stereocenters. The van der Waals surface area contributed by atoms with Gasteiger partial charge in [0.05, 0.1) is 25.2 Å². The first-order valence-corrected chi connectivity index (χ1v) is 13.4. The highest BCUT2D eigenvalue weighted by Crippen LogP contribution is 2.38. The van der Waals surface area contributed by atoms with Crippen LogP contribution in [0.15, 0.2) is 54.6 Å². The average Bonchev–Trinajstić information content (AvgIpc) is 3.22. The van der Waals surface area contributed by atoms with Crippen molar-refractivity contribution in [2.45, 2.75) is 77.9 Å². The number of benzene rings is 2. The number of para-hydroxylation sites is 1. The van der Waals surface area contributed by atoms with E-state index in [1.54, 1.807) is 0 Å². The quantitative estimate of drug-likeness (QED) is 0.163. The van der Waals surface area contributed by atoms with Crippen molar-refractivity contribution in [1.29, 1.82) is 0 Å². The summed E-state index contributed by atoms with van der Waals surface area (Å²) in [5, 5.41) is 1.12. The standard InChI is InChI=1S/C30H37BFNO4/c1-5-7-18-35-29(34)20-25-19-24(36-31(6-2)37-25)16-17-28-30(22-12-14-23(32)15-13-22)26-10-8-9-11-27(26)33(28)21(3)4/h8-17,21,24-25H,5-7,18-20H2,1-4H3/b17-16+. The molecule has 1 aromatic heterocycles. The summed E-state index contributed by atoms with van der Waals surface area (Å²) < 4.78 is 33.6. The number of halogens is 1. The van der Waals surface area contributed by atoms with Crippen LogP contribution in [0.4, 0.5) is 4.39 Å². The number of unbranched alkanes of at least 4 members (excludes halogenated alkanes) is 1. The molecule has 0 radical (unpaired) electrons. The van der Waals surface area contributed by atoms with E-state index in [0.29, 0.717) is 19.3 Å². The maximum atomic E-state index is 13.7. The van der Waals surface area contributed by atoms with Crippen molar-refractivity contribution in [3.8, 4) is 11.1 Å². The minimum absolute atomic E-state index is 0.202. The highest BCUT2D eigenvalue weighted by Gasteiger charge is 2.33. The summed E-state index contributed by atoms with van der Waals surface area (Å²) in [5.41, 5.74) is 4.20. The zero-order valence-corrected chi connectivity index (χ0v) is 22.3. The molecular formula is C30H37BFNO4. The molecule has 2 aromatic carbocycles. The number of ether oxygens (including phenoxy) is 1. The van der Waals surface area contributed by atoms with Crippen molar-refractivity contribution in [3.05, 3.63) is 66.1 Å². The SMILES string of the molecule is CCCCOC(=O)CC1CC(/C=C/c2c(-c3ccc(F)cc3)c3ccccc3n2C(C)C)OB(CC)O1. The van der Waals surface area contributed by atoms with E-state index in [1.165, 1.54) is 12.1 Å². The van der Waals surface area contributed by atoms with Crippen molar-refractivity contribution in [2.24, 2.45) is 0 Å². The zero-order valence-electron chi connectivity index (χ0n) is 22.3. The van der Waals surface area contributed by atoms with Crippen molar-refractivity contribution in [1.82, 2.24) is 4.57 Å². The van der Waals surface area contributed by atoms with Crippen molar-refractivity contribution in [2.75, 3.05) is 6.61 Å². The molecule has 3 aromatic rings. The third kappa shape index (κ3) is 6.52. The van der Waals surface area contributed by atoms with Crippen LogP contribution in [0.5, 0.6) is 0 Å². The van der Waals surface area contributed by atoms with Gasteiger partial charge in [-0.15, -0.1) is 0 Å². The van der Waals surface area contributed by atoms with E-state index >= 15 is 0 Å². The van der Waals surface area contributed by atoms with Crippen LogP contribution in [0.3, 0.4) is 0 Å². The lowest BCUT2D eigenvalue weighted by atomic mass is 9.82. The minimum Gasteiger partial charge on any atom is -0.466 e. The number of rotatable bonds is 10. The molecule has 1 aliphatic heterocycles. The third-order valence-corrected chi connectivity index (χ3v) is 6.72. The summed E-state index contributed by atoms with van der Waals surface area (Å²) in [7, 11) is -0.371. The van der Waals surface area contributed by atoms with Crippen LogP contribution in [0.1, 0.15) is 65.1 Å². The lowest BCUT2D eigenvalue weighted by Gasteiger charge is -2.32. The van der Waals surface area contributed by atoms with Gasteiger partial charge in [0, 0.05) is 34.6 Å². The molecule has 7 heteroatoms. The molecule has 1 fully saturated rings. The Labute approximate surface area is 219 Å². The number of nitrogens with zero attached hydrogens (tertiary/aromatic N) is 1. The van der Waals surface area contributed by atoms with Crippen LogP contribution in [0.25, 0.3) is 28.1 Å². The highest BCUT2D eigenvalue weighted by atomic mass is 19.1. The number of carbonyl (C=O) groups excluding carboxylic acids is 1. The van der Waals surface area contributed by atoms with Crippen molar-refractivity contribution in [3.63, 3.8) is 0 Å². The second-order valence-electron chi connectivity index (χ2n) is 9.89. The van der Waals surface area contributed by atoms with Crippen LogP contribution in [-0.4, -0.2) is 36.5 Å². The summed E-state index contributed by atoms with van der Waals surface area (Å²) in [4.78, 5) is 12.3. The molecule has 2 atom stereocenters. The van der Waals surface area contributed by atoms with E-state index in [-0.39, 0.29) is 43.6 Å². The fourth-order valence-corrected chi connectivity index (χ4v) is 4.96. The van der Waals surface area contributed by atoms with Crippen LogP contribution in [0, 0.1) is 5.82 Å². The van der Waals surface area contributed by atoms with Gasteiger partial charge in [0.25, 0.3) is 0 Å². The molecule has 1 saturated heterocycles. The Kier molecular flexibility index (Phi) is 9.22. The Balaban J connectivity index is 1.65. The van der Waals surface area contributed by atoms with Gasteiger partial charge in [-0.25, -0.2) is 4.39 Å². The summed E-state index contributed by atoms with van der Waals surface area (Å²) in [6.07, 6.45) is 7.06. The third-order valence-electron chi connectivity index (χ3n) is 6.72. The smallest absolute Gasteiger partial charge is 0.457 e. The molecule has 0 saturated carbocycles. The number of hydrogen-bond acceptors (Lipinski definition) is 4. The van der Waals surface area contributed by atoms with Gasteiger partial charge >= 0.3 is 13.1 Å². The van der Waals surface area contributed by atoms with Gasteiger partial charge in [0.1, 0.15) is 5.82 Å². The van der Waals surface area contributed by atoms with Gasteiger partial charge in [0.15, 0.2) is 0 Å². The molecule has 0 aliphatic carbocycles. The Morgan fingerprint density at radius 2 is 1.92 bits per heavy atom. The molecule has 4 rings (SSSR count). The molecule has 1 aliphatic rings. The number of fused-ring (bicyclic) bond motifs is 1. The molecule has 0 spiro atoms. The van der Waals surface area contributed by atoms with Crippen molar-refractivity contribution >= 4 is 30.1 Å². The first-order valence-electron chi connectivity index (χ1n) is 13.4. The van der Waals surface area contributed by atoms with E-state index in [0.717, 1.165) is 40.6 Å². The average molecular weight is 505 g/mol. The summed E-state index contributed by atoms with van der Waals surface area (Å²) in [6.45, 7) is 8.85. The fraction of sp³-hybridized carbons (Fsp3) is 0.433. The summed E-state index contributed by atoms with van der Waals surface area (Å²) >= 11 is 0. The van der Waals surface area contributed by atoms with Gasteiger partial charge < -0.3 is 18.6 Å². The van der Waals surface area contributed by atoms with Gasteiger partial charge in [-0.05, 0) is 56.4 Å². The Bertz CT molecular complexity index is 1220. The lowest BCUT2D eigenvalue weighted by molar-refractivity contribution is -0.146. The van der Waals surface area contributed by atoms with Gasteiger partial charge in [-0.2, -0.15) is 0 Å². The lowest BCUT2D eigenvalue weighted by Crippen LogP contribution is -2.41. The predicted molar refractivity (Wildman–Crippen MR) is 148 cm³/mol. The molecule has 0 amide bonds. The number of carbonyl (C=O) groups is 1. The second-order valence-corrected chi connectivity index (χ2v) is 9.89. The van der Waals surface area contributed by atoms with E-state index in [4.69, 9.17) is 14.0 Å². The molecule has 37 heavy (non-hydrogen) atoms. The molecular weight excluding hydrogens is 468 g/mol. The number of aromatic nitrogens is 1. The largest absolute Gasteiger partial charge is 0.466 e. The van der Waals surface area contributed by atoms with Crippen molar-refractivity contribution < 1.29 is 23.2 Å².